The van der Waals surface area contributed by atoms with Crippen LogP contribution in [0.2, 0.25) is 0 Å². The summed E-state index contributed by atoms with van der Waals surface area (Å²) in [6.07, 6.45) is 1.32. The van der Waals surface area contributed by atoms with Crippen molar-refractivity contribution in [1.82, 2.24) is 5.32 Å². The second kappa shape index (κ2) is 9.14. The Morgan fingerprint density at radius 3 is 2.43 bits per heavy atom. The van der Waals surface area contributed by atoms with Crippen molar-refractivity contribution < 1.29 is 22.0 Å². The molecule has 0 aromatic heterocycles. The summed E-state index contributed by atoms with van der Waals surface area (Å²) >= 11 is 0. The molecule has 0 heterocycles. The minimum absolute atomic E-state index is 0.0178. The van der Waals surface area contributed by atoms with Crippen LogP contribution in [0.25, 0.3) is 0 Å². The Balaban J connectivity index is 1.97. The second-order valence-electron chi connectivity index (χ2n) is 6.68. The Morgan fingerprint density at radius 2 is 1.82 bits per heavy atom. The number of nitrogens with one attached hydrogen (secondary N) is 1. The van der Waals surface area contributed by atoms with Gasteiger partial charge >= 0.3 is 0 Å². The first-order valence-corrected chi connectivity index (χ1v) is 10.7. The average Bonchev–Trinajstić information content (AvgIpc) is 2.60. The number of sulfonamides is 1. The largest absolute Gasteiger partial charge is 0.350 e. The number of anilines is 1. The lowest BCUT2D eigenvalue weighted by molar-refractivity contribution is -0.121. The van der Waals surface area contributed by atoms with Crippen LogP contribution in [0.4, 0.5) is 14.5 Å². The molecule has 1 amide bonds. The van der Waals surface area contributed by atoms with Crippen molar-refractivity contribution in [2.75, 3.05) is 17.1 Å². The molecule has 0 aliphatic carbocycles. The highest BCUT2D eigenvalue weighted by atomic mass is 32.2. The summed E-state index contributed by atoms with van der Waals surface area (Å²) in [4.78, 5) is 12.2. The number of hydrogen-bond donors (Lipinski definition) is 1. The molecule has 1 unspecified atom stereocenters. The van der Waals surface area contributed by atoms with Gasteiger partial charge in [0.05, 0.1) is 18.0 Å². The molecule has 0 saturated carbocycles. The van der Waals surface area contributed by atoms with Crippen molar-refractivity contribution in [2.45, 2.75) is 32.7 Å². The predicted molar refractivity (Wildman–Crippen MR) is 106 cm³/mol. The normalized spacial score (nSPS) is 12.5. The molecule has 0 fully saturated rings. The lowest BCUT2D eigenvalue weighted by atomic mass is 10.0. The molecule has 0 spiro atoms. The van der Waals surface area contributed by atoms with Gasteiger partial charge in [-0.05, 0) is 43.5 Å². The van der Waals surface area contributed by atoms with Gasteiger partial charge in [0.15, 0.2) is 11.6 Å². The van der Waals surface area contributed by atoms with Crippen LogP contribution in [0.1, 0.15) is 36.9 Å². The summed E-state index contributed by atoms with van der Waals surface area (Å²) in [5.74, 6) is -2.40. The van der Waals surface area contributed by atoms with Crippen molar-refractivity contribution in [3.63, 3.8) is 0 Å². The van der Waals surface area contributed by atoms with Gasteiger partial charge in [-0.2, -0.15) is 0 Å². The van der Waals surface area contributed by atoms with Crippen LogP contribution in [-0.4, -0.2) is 27.1 Å². The number of carbonyl (C=O) groups excluding carboxylic acids is 1. The lowest BCUT2D eigenvalue weighted by Crippen LogP contribution is -2.32. The Bertz CT molecular complexity index is 948. The van der Waals surface area contributed by atoms with E-state index in [9.17, 15) is 22.0 Å². The van der Waals surface area contributed by atoms with Gasteiger partial charge in [0.1, 0.15) is 0 Å². The zero-order chi connectivity index (χ0) is 20.9. The average molecular weight is 410 g/mol. The standard InChI is InChI=1S/C20H24F2N2O3S/c1-14-7-4-5-8-17(14)15(2)23-20(25)9-6-12-24(28(3,26)27)16-10-11-18(21)19(22)13-16/h4-5,7-8,10-11,13,15H,6,9,12H2,1-3H3,(H,23,25). The van der Waals surface area contributed by atoms with E-state index in [1.807, 2.05) is 38.1 Å². The maximum Gasteiger partial charge on any atom is 0.232 e. The third kappa shape index (κ3) is 5.76. The van der Waals surface area contributed by atoms with E-state index in [0.717, 1.165) is 33.8 Å². The maximum atomic E-state index is 13.5. The fourth-order valence-corrected chi connectivity index (χ4v) is 3.93. The van der Waals surface area contributed by atoms with Gasteiger partial charge in [0, 0.05) is 19.0 Å². The fourth-order valence-electron chi connectivity index (χ4n) is 2.97. The predicted octanol–water partition coefficient (Wildman–Crippen LogP) is 3.70. The van der Waals surface area contributed by atoms with E-state index >= 15 is 0 Å². The molecule has 5 nitrogen and oxygen atoms in total. The van der Waals surface area contributed by atoms with Gasteiger partial charge in [-0.1, -0.05) is 24.3 Å². The van der Waals surface area contributed by atoms with Crippen molar-refractivity contribution in [1.29, 1.82) is 0 Å². The highest BCUT2D eigenvalue weighted by Crippen LogP contribution is 2.21. The molecule has 1 N–H and O–H groups in total. The highest BCUT2D eigenvalue weighted by molar-refractivity contribution is 7.92. The summed E-state index contributed by atoms with van der Waals surface area (Å²) in [5, 5.41) is 2.89. The fraction of sp³-hybridized carbons (Fsp3) is 0.350. The molecule has 28 heavy (non-hydrogen) atoms. The van der Waals surface area contributed by atoms with Crippen LogP contribution in [0.3, 0.4) is 0 Å². The monoisotopic (exact) mass is 410 g/mol. The molecular weight excluding hydrogens is 386 g/mol. The third-order valence-electron chi connectivity index (χ3n) is 4.39. The number of carbonyl (C=O) groups is 1. The topological polar surface area (TPSA) is 66.5 Å². The van der Waals surface area contributed by atoms with Gasteiger partial charge in [0.2, 0.25) is 15.9 Å². The third-order valence-corrected chi connectivity index (χ3v) is 5.58. The Hall–Kier alpha value is -2.48. The second-order valence-corrected chi connectivity index (χ2v) is 8.59. The Morgan fingerprint density at radius 1 is 1.14 bits per heavy atom. The smallest absolute Gasteiger partial charge is 0.232 e. The zero-order valence-electron chi connectivity index (χ0n) is 16.1. The summed E-state index contributed by atoms with van der Waals surface area (Å²) in [7, 11) is -3.70. The van der Waals surface area contributed by atoms with E-state index in [0.29, 0.717) is 0 Å². The van der Waals surface area contributed by atoms with E-state index in [-0.39, 0.29) is 37.0 Å². The Kier molecular flexibility index (Phi) is 7.12. The Labute approximate surface area is 164 Å². The van der Waals surface area contributed by atoms with E-state index in [1.54, 1.807) is 0 Å². The van der Waals surface area contributed by atoms with Crippen LogP contribution >= 0.6 is 0 Å². The van der Waals surface area contributed by atoms with Crippen LogP contribution < -0.4 is 9.62 Å². The number of rotatable bonds is 8. The SMILES string of the molecule is Cc1ccccc1C(C)NC(=O)CCCN(c1ccc(F)c(F)c1)S(C)(=O)=O. The number of aryl methyl sites for hydroxylation is 1. The number of hydrogen-bond acceptors (Lipinski definition) is 3. The summed E-state index contributed by atoms with van der Waals surface area (Å²) in [6, 6.07) is 10.4. The molecule has 1 atom stereocenters. The van der Waals surface area contributed by atoms with Crippen LogP contribution in [0.15, 0.2) is 42.5 Å². The molecule has 2 aromatic carbocycles. The van der Waals surface area contributed by atoms with Crippen LogP contribution in [-0.2, 0) is 14.8 Å². The van der Waals surface area contributed by atoms with E-state index in [2.05, 4.69) is 5.32 Å². The van der Waals surface area contributed by atoms with E-state index in [1.165, 1.54) is 6.07 Å². The van der Waals surface area contributed by atoms with Gasteiger partial charge < -0.3 is 5.32 Å². The first-order chi connectivity index (χ1) is 13.1. The van der Waals surface area contributed by atoms with Crippen molar-refractivity contribution in [2.24, 2.45) is 0 Å². The zero-order valence-corrected chi connectivity index (χ0v) is 16.9. The molecule has 0 aliphatic heterocycles. The quantitative estimate of drug-likeness (QED) is 0.722. The number of nitrogens with zero attached hydrogens (tertiary/aromatic N) is 1. The van der Waals surface area contributed by atoms with Gasteiger partial charge in [-0.25, -0.2) is 17.2 Å². The van der Waals surface area contributed by atoms with Gasteiger partial charge in [0.25, 0.3) is 0 Å². The molecule has 0 saturated heterocycles. The summed E-state index contributed by atoms with van der Waals surface area (Å²) in [6.45, 7) is 3.82. The van der Waals surface area contributed by atoms with Gasteiger partial charge in [-0.15, -0.1) is 0 Å². The minimum atomic E-state index is -3.70. The molecule has 0 aliphatic rings. The first-order valence-electron chi connectivity index (χ1n) is 8.87. The van der Waals surface area contributed by atoms with Gasteiger partial charge in [-0.3, -0.25) is 9.10 Å². The number of halogens is 2. The molecular formula is C20H24F2N2O3S. The van der Waals surface area contributed by atoms with E-state index in [4.69, 9.17) is 0 Å². The molecule has 8 heteroatoms. The molecule has 0 radical (unpaired) electrons. The van der Waals surface area contributed by atoms with Crippen LogP contribution in [0, 0.1) is 18.6 Å². The molecule has 2 aromatic rings. The number of amides is 1. The molecule has 0 bridgehead atoms. The number of benzene rings is 2. The molecule has 2 rings (SSSR count). The maximum absolute atomic E-state index is 13.5. The summed E-state index contributed by atoms with van der Waals surface area (Å²) < 4.78 is 51.6. The minimum Gasteiger partial charge on any atom is -0.350 e. The van der Waals surface area contributed by atoms with Crippen LogP contribution in [0.5, 0.6) is 0 Å². The van der Waals surface area contributed by atoms with Crippen molar-refractivity contribution in [3.8, 4) is 0 Å². The lowest BCUT2D eigenvalue weighted by Gasteiger charge is -2.23. The molecule has 152 valence electrons. The summed E-state index contributed by atoms with van der Waals surface area (Å²) in [5.41, 5.74) is 2.10. The highest BCUT2D eigenvalue weighted by Gasteiger charge is 2.19. The first kappa shape index (κ1) is 21.8. The van der Waals surface area contributed by atoms with E-state index < -0.39 is 21.7 Å². The van der Waals surface area contributed by atoms with Crippen molar-refractivity contribution >= 4 is 21.6 Å². The van der Waals surface area contributed by atoms with Crippen molar-refractivity contribution in [3.05, 3.63) is 65.2 Å².